The van der Waals surface area contributed by atoms with Gasteiger partial charge in [0.1, 0.15) is 6.16 Å². The van der Waals surface area contributed by atoms with Crippen LogP contribution in [0.25, 0.3) is 0 Å². The van der Waals surface area contributed by atoms with Gasteiger partial charge in [-0.05, 0) is 19.8 Å². The monoisotopic (exact) mass is 206 g/mol. The Bertz CT molecular complexity index is 257. The highest BCUT2D eigenvalue weighted by molar-refractivity contribution is 7.53. The number of hydrogen-bond donors (Lipinski definition) is 1. The molecule has 0 bridgehead atoms. The molecule has 0 radical (unpaired) electrons. The molecule has 76 valence electrons. The fourth-order valence-corrected chi connectivity index (χ4v) is 2.33. The van der Waals surface area contributed by atoms with E-state index in [0.29, 0.717) is 0 Å². The van der Waals surface area contributed by atoms with Crippen LogP contribution in [0, 0.1) is 5.41 Å². The average molecular weight is 206 g/mol. The molecule has 0 aromatic rings. The number of hydrogen-bond acceptors (Lipinski definition) is 3. The third kappa shape index (κ3) is 2.90. The minimum atomic E-state index is -3.65. The Kier molecular flexibility index (Phi) is 2.95. The summed E-state index contributed by atoms with van der Waals surface area (Å²) in [5, 5.41) is 0. The summed E-state index contributed by atoms with van der Waals surface area (Å²) in [6.45, 7) is 3.62. The number of Topliss-reactive ketones (excluding diaryl/α,β-unsaturated/α-hetero) is 1. The van der Waals surface area contributed by atoms with E-state index in [1.165, 1.54) is 0 Å². The zero-order valence-electron chi connectivity index (χ0n) is 7.95. The van der Waals surface area contributed by atoms with Crippen molar-refractivity contribution in [2.75, 3.05) is 12.8 Å². The standard InChI is InChI=1S/C8H15O4P/c1-3-12-13(10,11)6-7(9)8(2)4-5-8/h3-6H2,1-2H3,(H,10,11). The highest BCUT2D eigenvalue weighted by atomic mass is 31.2. The summed E-state index contributed by atoms with van der Waals surface area (Å²) in [5.74, 6) is -0.146. The van der Waals surface area contributed by atoms with Crippen LogP contribution in [0.5, 0.6) is 0 Å². The first kappa shape index (κ1) is 10.9. The average Bonchev–Trinajstić information content (AvgIpc) is 2.67. The molecule has 5 heteroatoms. The van der Waals surface area contributed by atoms with E-state index in [9.17, 15) is 14.3 Å². The predicted octanol–water partition coefficient (Wildman–Crippen LogP) is 1.58. The van der Waals surface area contributed by atoms with Gasteiger partial charge in [0.15, 0.2) is 5.78 Å². The molecule has 1 unspecified atom stereocenters. The Balaban J connectivity index is 2.48. The van der Waals surface area contributed by atoms with Crippen molar-refractivity contribution in [2.24, 2.45) is 5.41 Å². The zero-order valence-corrected chi connectivity index (χ0v) is 8.84. The molecule has 0 amide bonds. The highest BCUT2D eigenvalue weighted by Crippen LogP contribution is 2.51. The van der Waals surface area contributed by atoms with E-state index in [0.717, 1.165) is 12.8 Å². The van der Waals surface area contributed by atoms with E-state index >= 15 is 0 Å². The van der Waals surface area contributed by atoms with E-state index in [4.69, 9.17) is 0 Å². The van der Waals surface area contributed by atoms with Crippen LogP contribution in [0.15, 0.2) is 0 Å². The van der Waals surface area contributed by atoms with Crippen LogP contribution in [0.2, 0.25) is 0 Å². The maximum atomic E-state index is 11.4. The van der Waals surface area contributed by atoms with Crippen LogP contribution in [0.4, 0.5) is 0 Å². The first-order valence-electron chi connectivity index (χ1n) is 4.39. The number of ketones is 1. The van der Waals surface area contributed by atoms with Crippen molar-refractivity contribution in [2.45, 2.75) is 26.7 Å². The summed E-state index contributed by atoms with van der Waals surface area (Å²) in [7, 11) is -3.65. The molecule has 0 saturated heterocycles. The molecular formula is C8H15O4P. The maximum Gasteiger partial charge on any atom is 0.335 e. The van der Waals surface area contributed by atoms with E-state index in [1.807, 2.05) is 6.92 Å². The van der Waals surface area contributed by atoms with E-state index < -0.39 is 7.60 Å². The Labute approximate surface area is 77.8 Å². The lowest BCUT2D eigenvalue weighted by Gasteiger charge is -2.12. The van der Waals surface area contributed by atoms with Gasteiger partial charge in [-0.25, -0.2) is 0 Å². The second-order valence-corrected chi connectivity index (χ2v) is 5.55. The van der Waals surface area contributed by atoms with Crippen molar-refractivity contribution in [3.63, 3.8) is 0 Å². The number of carbonyl (C=O) groups excluding carboxylic acids is 1. The van der Waals surface area contributed by atoms with Crippen LogP contribution in [0.3, 0.4) is 0 Å². The Morgan fingerprint density at radius 1 is 1.62 bits per heavy atom. The van der Waals surface area contributed by atoms with Gasteiger partial charge in [-0.2, -0.15) is 0 Å². The van der Waals surface area contributed by atoms with Gasteiger partial charge < -0.3 is 9.42 Å². The second kappa shape index (κ2) is 3.52. The van der Waals surface area contributed by atoms with Gasteiger partial charge in [0.05, 0.1) is 6.61 Å². The SMILES string of the molecule is CCOP(=O)(O)CC(=O)C1(C)CC1. The molecule has 0 aliphatic heterocycles. The molecule has 0 aromatic heterocycles. The molecular weight excluding hydrogens is 191 g/mol. The lowest BCUT2D eigenvalue weighted by Crippen LogP contribution is -2.17. The summed E-state index contributed by atoms with van der Waals surface area (Å²) in [5.41, 5.74) is -0.338. The van der Waals surface area contributed by atoms with Gasteiger partial charge in [0.25, 0.3) is 0 Å². The summed E-state index contributed by atoms with van der Waals surface area (Å²) in [4.78, 5) is 20.6. The van der Waals surface area contributed by atoms with E-state index in [-0.39, 0.29) is 24.0 Å². The quantitative estimate of drug-likeness (QED) is 0.693. The Morgan fingerprint density at radius 3 is 2.54 bits per heavy atom. The molecule has 1 aliphatic rings. The predicted molar refractivity (Wildman–Crippen MR) is 48.7 cm³/mol. The van der Waals surface area contributed by atoms with Gasteiger partial charge in [-0.3, -0.25) is 9.36 Å². The Hall–Kier alpha value is -0.180. The van der Waals surface area contributed by atoms with Crippen molar-refractivity contribution in [3.8, 4) is 0 Å². The minimum Gasteiger partial charge on any atom is -0.324 e. The smallest absolute Gasteiger partial charge is 0.324 e. The Morgan fingerprint density at radius 2 is 2.15 bits per heavy atom. The minimum absolute atomic E-state index is 0.146. The van der Waals surface area contributed by atoms with E-state index in [2.05, 4.69) is 4.52 Å². The lowest BCUT2D eigenvalue weighted by molar-refractivity contribution is -0.121. The maximum absolute atomic E-state index is 11.4. The van der Waals surface area contributed by atoms with Gasteiger partial charge in [0.2, 0.25) is 0 Å². The fraction of sp³-hybridized carbons (Fsp3) is 0.875. The lowest BCUT2D eigenvalue weighted by atomic mass is 10.1. The first-order chi connectivity index (χ1) is 5.90. The molecule has 13 heavy (non-hydrogen) atoms. The van der Waals surface area contributed by atoms with Crippen molar-refractivity contribution in [1.82, 2.24) is 0 Å². The molecule has 1 rings (SSSR count). The normalized spacial score (nSPS) is 23.6. The molecule has 1 fully saturated rings. The zero-order chi connectivity index (χ0) is 10.1. The number of carbonyl (C=O) groups is 1. The second-order valence-electron chi connectivity index (χ2n) is 3.70. The van der Waals surface area contributed by atoms with Gasteiger partial charge in [-0.1, -0.05) is 6.92 Å². The third-order valence-electron chi connectivity index (χ3n) is 2.35. The van der Waals surface area contributed by atoms with Crippen molar-refractivity contribution in [3.05, 3.63) is 0 Å². The highest BCUT2D eigenvalue weighted by Gasteiger charge is 2.46. The molecule has 1 N–H and O–H groups in total. The molecule has 0 spiro atoms. The van der Waals surface area contributed by atoms with Crippen LogP contribution in [-0.4, -0.2) is 23.4 Å². The molecule has 1 aliphatic carbocycles. The molecule has 1 atom stereocenters. The van der Waals surface area contributed by atoms with Crippen LogP contribution in [-0.2, 0) is 13.9 Å². The van der Waals surface area contributed by atoms with Crippen LogP contribution < -0.4 is 0 Å². The van der Waals surface area contributed by atoms with Crippen molar-refractivity contribution < 1.29 is 18.8 Å². The molecule has 0 aromatic carbocycles. The van der Waals surface area contributed by atoms with Crippen LogP contribution in [0.1, 0.15) is 26.7 Å². The van der Waals surface area contributed by atoms with E-state index in [1.54, 1.807) is 6.92 Å². The fourth-order valence-electron chi connectivity index (χ4n) is 1.09. The molecule has 4 nitrogen and oxygen atoms in total. The van der Waals surface area contributed by atoms with Crippen LogP contribution >= 0.6 is 7.60 Å². The summed E-state index contributed by atoms with van der Waals surface area (Å²) in [6.07, 6.45) is 1.33. The largest absolute Gasteiger partial charge is 0.335 e. The molecule has 1 saturated carbocycles. The summed E-state index contributed by atoms with van der Waals surface area (Å²) >= 11 is 0. The van der Waals surface area contributed by atoms with Gasteiger partial charge >= 0.3 is 7.60 Å². The van der Waals surface area contributed by atoms with Gasteiger partial charge in [0, 0.05) is 5.41 Å². The summed E-state index contributed by atoms with van der Waals surface area (Å²) < 4.78 is 15.8. The van der Waals surface area contributed by atoms with Gasteiger partial charge in [-0.15, -0.1) is 0 Å². The third-order valence-corrected chi connectivity index (χ3v) is 3.70. The summed E-state index contributed by atoms with van der Waals surface area (Å²) in [6, 6.07) is 0. The van der Waals surface area contributed by atoms with Crippen molar-refractivity contribution >= 4 is 13.4 Å². The van der Waals surface area contributed by atoms with Crippen molar-refractivity contribution in [1.29, 1.82) is 0 Å². The first-order valence-corrected chi connectivity index (χ1v) is 6.15. The number of rotatable bonds is 5. The molecule has 0 heterocycles. The topological polar surface area (TPSA) is 63.6 Å².